The molecule has 0 bridgehead atoms. The van der Waals surface area contributed by atoms with E-state index < -0.39 is 22.8 Å². The first-order chi connectivity index (χ1) is 5.01. The second-order valence-electron chi connectivity index (χ2n) is 2.27. The van der Waals surface area contributed by atoms with Gasteiger partial charge in [0.2, 0.25) is 0 Å². The van der Waals surface area contributed by atoms with Crippen LogP contribution in [0.3, 0.4) is 0 Å². The molecule has 3 nitrogen and oxygen atoms in total. The Bertz CT molecular complexity index is 143. The van der Waals surface area contributed by atoms with Crippen molar-refractivity contribution < 1.29 is 15.0 Å². The van der Waals surface area contributed by atoms with E-state index in [1.165, 1.54) is 0 Å². The summed E-state index contributed by atoms with van der Waals surface area (Å²) in [6.07, 6.45) is 0.205. The van der Waals surface area contributed by atoms with E-state index >= 15 is 0 Å². The third-order valence-electron chi connectivity index (χ3n) is 1.76. The van der Waals surface area contributed by atoms with Crippen molar-refractivity contribution in [2.45, 2.75) is 18.2 Å². The van der Waals surface area contributed by atoms with Crippen LogP contribution in [-0.4, -0.2) is 27.6 Å². The third kappa shape index (κ3) is 1.98. The van der Waals surface area contributed by atoms with E-state index in [0.717, 1.165) is 0 Å². The van der Waals surface area contributed by atoms with Crippen molar-refractivity contribution in [3.63, 3.8) is 0 Å². The molecule has 0 saturated heterocycles. The van der Waals surface area contributed by atoms with Gasteiger partial charge in [-0.1, -0.05) is 6.92 Å². The van der Waals surface area contributed by atoms with Crippen molar-refractivity contribution in [2.75, 3.05) is 6.61 Å². The number of rotatable bonds is 4. The SMILES string of the molecule is CCC(CO)(C(=O)O)C(Cl)Cl. The first-order valence-corrected chi connectivity index (χ1v) is 4.01. The summed E-state index contributed by atoms with van der Waals surface area (Å²) < 4.78 is 0. The number of hydrogen-bond donors (Lipinski definition) is 2. The maximum absolute atomic E-state index is 10.6. The number of carbonyl (C=O) groups is 1. The maximum atomic E-state index is 10.6. The molecule has 0 aliphatic rings. The van der Waals surface area contributed by atoms with E-state index in [1.807, 2.05) is 0 Å². The Balaban J connectivity index is 4.61. The number of carboxylic acids is 1. The van der Waals surface area contributed by atoms with Gasteiger partial charge in [0.25, 0.3) is 0 Å². The molecule has 1 unspecified atom stereocenters. The number of halogens is 2. The van der Waals surface area contributed by atoms with E-state index in [0.29, 0.717) is 0 Å². The molecule has 0 saturated carbocycles. The van der Waals surface area contributed by atoms with Crippen molar-refractivity contribution in [3.8, 4) is 0 Å². The fourth-order valence-corrected chi connectivity index (χ4v) is 1.28. The summed E-state index contributed by atoms with van der Waals surface area (Å²) in [5.41, 5.74) is -1.41. The summed E-state index contributed by atoms with van der Waals surface area (Å²) in [6, 6.07) is 0. The van der Waals surface area contributed by atoms with Crippen LogP contribution in [0.15, 0.2) is 0 Å². The molecule has 0 heterocycles. The summed E-state index contributed by atoms with van der Waals surface area (Å²) in [5, 5.41) is 17.4. The van der Waals surface area contributed by atoms with E-state index in [4.69, 9.17) is 33.4 Å². The fourth-order valence-electron chi connectivity index (χ4n) is 0.647. The smallest absolute Gasteiger partial charge is 0.314 e. The van der Waals surface area contributed by atoms with Crippen molar-refractivity contribution in [1.29, 1.82) is 0 Å². The highest BCUT2D eigenvalue weighted by Gasteiger charge is 2.42. The first-order valence-electron chi connectivity index (χ1n) is 3.13. The minimum Gasteiger partial charge on any atom is -0.481 e. The Labute approximate surface area is 74.9 Å². The monoisotopic (exact) mass is 200 g/mol. The van der Waals surface area contributed by atoms with E-state index in [1.54, 1.807) is 6.92 Å². The molecule has 1 atom stereocenters. The summed E-state index contributed by atoms with van der Waals surface area (Å²) in [5.74, 6) is -1.17. The van der Waals surface area contributed by atoms with Crippen molar-refractivity contribution in [3.05, 3.63) is 0 Å². The zero-order valence-electron chi connectivity index (χ0n) is 6.05. The van der Waals surface area contributed by atoms with Crippen LogP contribution in [0.5, 0.6) is 0 Å². The lowest BCUT2D eigenvalue weighted by molar-refractivity contribution is -0.150. The van der Waals surface area contributed by atoms with Gasteiger partial charge >= 0.3 is 5.97 Å². The molecule has 0 amide bonds. The topological polar surface area (TPSA) is 57.5 Å². The fraction of sp³-hybridized carbons (Fsp3) is 0.833. The van der Waals surface area contributed by atoms with Gasteiger partial charge in [0, 0.05) is 0 Å². The van der Waals surface area contributed by atoms with Crippen molar-refractivity contribution in [2.24, 2.45) is 5.41 Å². The molecule has 0 aliphatic heterocycles. The maximum Gasteiger partial charge on any atom is 0.314 e. The third-order valence-corrected chi connectivity index (χ3v) is 2.59. The average molecular weight is 201 g/mol. The molecule has 66 valence electrons. The van der Waals surface area contributed by atoms with Gasteiger partial charge in [-0.3, -0.25) is 4.79 Å². The summed E-state index contributed by atoms with van der Waals surface area (Å²) in [7, 11) is 0. The predicted molar refractivity (Wildman–Crippen MR) is 42.9 cm³/mol. The molecule has 11 heavy (non-hydrogen) atoms. The van der Waals surface area contributed by atoms with Crippen LogP contribution in [0.25, 0.3) is 0 Å². The lowest BCUT2D eigenvalue weighted by Gasteiger charge is -2.26. The summed E-state index contributed by atoms with van der Waals surface area (Å²) in [4.78, 5) is 9.51. The Morgan fingerprint density at radius 1 is 1.64 bits per heavy atom. The van der Waals surface area contributed by atoms with E-state index in [2.05, 4.69) is 0 Å². The Morgan fingerprint density at radius 3 is 2.09 bits per heavy atom. The van der Waals surface area contributed by atoms with E-state index in [9.17, 15) is 4.79 Å². The Hall–Kier alpha value is 0.01000. The van der Waals surface area contributed by atoms with Crippen molar-refractivity contribution in [1.82, 2.24) is 0 Å². The first kappa shape index (κ1) is 11.0. The highest BCUT2D eigenvalue weighted by molar-refractivity contribution is 6.45. The minimum absolute atomic E-state index is 0.205. The van der Waals surface area contributed by atoms with Crippen LogP contribution < -0.4 is 0 Å². The van der Waals surface area contributed by atoms with Crippen LogP contribution in [-0.2, 0) is 4.79 Å². The summed E-state index contributed by atoms with van der Waals surface area (Å²) >= 11 is 10.8. The van der Waals surface area contributed by atoms with Crippen LogP contribution in [0.4, 0.5) is 0 Å². The standard InChI is InChI=1S/C6H10Cl2O3/c1-2-6(3-9,4(7)8)5(10)11/h4,9H,2-3H2,1H3,(H,10,11). The molecule has 0 aromatic carbocycles. The van der Waals surface area contributed by atoms with Crippen LogP contribution in [0, 0.1) is 5.41 Å². The lowest BCUT2D eigenvalue weighted by atomic mass is 9.88. The van der Waals surface area contributed by atoms with Gasteiger partial charge in [0.1, 0.15) is 10.3 Å². The van der Waals surface area contributed by atoms with Crippen LogP contribution in [0.1, 0.15) is 13.3 Å². The number of alkyl halides is 2. The molecule has 0 aliphatic carbocycles. The number of hydrogen-bond acceptors (Lipinski definition) is 2. The second kappa shape index (κ2) is 4.14. The van der Waals surface area contributed by atoms with Crippen molar-refractivity contribution >= 4 is 29.2 Å². The molecule has 5 heteroatoms. The van der Waals surface area contributed by atoms with Gasteiger partial charge in [-0.15, -0.1) is 23.2 Å². The lowest BCUT2D eigenvalue weighted by Crippen LogP contribution is -2.40. The van der Waals surface area contributed by atoms with Crippen LogP contribution >= 0.6 is 23.2 Å². The number of aliphatic carboxylic acids is 1. The Kier molecular flexibility index (Phi) is 4.14. The van der Waals surface area contributed by atoms with E-state index in [-0.39, 0.29) is 6.42 Å². The minimum atomic E-state index is -1.41. The molecule has 0 spiro atoms. The molecule has 0 rings (SSSR count). The normalized spacial score (nSPS) is 16.5. The molecule has 0 aromatic heterocycles. The van der Waals surface area contributed by atoms with Gasteiger partial charge in [-0.2, -0.15) is 0 Å². The number of aliphatic hydroxyl groups excluding tert-OH is 1. The Morgan fingerprint density at radius 2 is 2.09 bits per heavy atom. The van der Waals surface area contributed by atoms with Gasteiger partial charge in [0.05, 0.1) is 6.61 Å². The molecule has 2 N–H and O–H groups in total. The zero-order chi connectivity index (χ0) is 9.07. The molecular formula is C6H10Cl2O3. The highest BCUT2D eigenvalue weighted by Crippen LogP contribution is 2.32. The average Bonchev–Trinajstić information content (AvgIpc) is 1.90. The van der Waals surface area contributed by atoms with Gasteiger partial charge in [-0.25, -0.2) is 0 Å². The molecular weight excluding hydrogens is 191 g/mol. The quantitative estimate of drug-likeness (QED) is 0.673. The second-order valence-corrected chi connectivity index (χ2v) is 3.37. The largest absolute Gasteiger partial charge is 0.481 e. The number of carboxylic acid groups (broad SMARTS) is 1. The predicted octanol–water partition coefficient (Wildman–Crippen LogP) is 1.26. The molecule has 0 aromatic rings. The zero-order valence-corrected chi connectivity index (χ0v) is 7.56. The van der Waals surface area contributed by atoms with Gasteiger partial charge in [-0.05, 0) is 6.42 Å². The van der Waals surface area contributed by atoms with Crippen LogP contribution in [0.2, 0.25) is 0 Å². The number of aliphatic hydroxyl groups is 1. The molecule has 0 fully saturated rings. The van der Waals surface area contributed by atoms with Gasteiger partial charge < -0.3 is 10.2 Å². The molecule has 0 radical (unpaired) electrons. The summed E-state index contributed by atoms with van der Waals surface area (Å²) in [6.45, 7) is 1.07. The van der Waals surface area contributed by atoms with Gasteiger partial charge in [0.15, 0.2) is 0 Å². The highest BCUT2D eigenvalue weighted by atomic mass is 35.5.